The molecule has 0 fully saturated rings. The fourth-order valence-electron chi connectivity index (χ4n) is 2.01. The Morgan fingerprint density at radius 3 is 2.62 bits per heavy atom. The number of halogens is 1. The van der Waals surface area contributed by atoms with Crippen LogP contribution in [0.2, 0.25) is 0 Å². The summed E-state index contributed by atoms with van der Waals surface area (Å²) >= 11 is 3.49. The lowest BCUT2D eigenvalue weighted by molar-refractivity contribution is -0.121. The second-order valence-corrected chi connectivity index (χ2v) is 5.93. The minimum Gasteiger partial charge on any atom is -0.354 e. The van der Waals surface area contributed by atoms with Gasteiger partial charge in [0.1, 0.15) is 0 Å². The molecule has 4 nitrogen and oxygen atoms in total. The summed E-state index contributed by atoms with van der Waals surface area (Å²) in [7, 11) is 0. The molecule has 0 radical (unpaired) electrons. The molecule has 5 heteroatoms. The topological polar surface area (TPSA) is 49.4 Å². The molecule has 1 N–H and O–H groups in total. The number of amides is 2. The number of benzene rings is 1. The summed E-state index contributed by atoms with van der Waals surface area (Å²) in [4.78, 5) is 25.1. The minimum absolute atomic E-state index is 0.0395. The molecule has 0 unspecified atom stereocenters. The van der Waals surface area contributed by atoms with Gasteiger partial charge in [-0.3, -0.25) is 9.59 Å². The van der Waals surface area contributed by atoms with Crippen molar-refractivity contribution in [1.29, 1.82) is 0 Å². The number of nitrogens with one attached hydrogen (secondary N) is 1. The van der Waals surface area contributed by atoms with Crippen LogP contribution in [0.1, 0.15) is 38.7 Å². The van der Waals surface area contributed by atoms with Gasteiger partial charge in [0.05, 0.1) is 5.69 Å². The Hall–Kier alpha value is -1.36. The highest BCUT2D eigenvalue weighted by atomic mass is 79.9. The van der Waals surface area contributed by atoms with Crippen molar-refractivity contribution in [2.24, 2.45) is 0 Å². The van der Waals surface area contributed by atoms with Crippen molar-refractivity contribution in [2.45, 2.75) is 40.0 Å². The lowest BCUT2D eigenvalue weighted by atomic mass is 10.2. The molecule has 116 valence electrons. The number of nitrogens with zero attached hydrogens (tertiary/aromatic N) is 1. The third kappa shape index (κ3) is 5.87. The third-order valence-corrected chi connectivity index (χ3v) is 3.82. The normalized spacial score (nSPS) is 10.3. The zero-order valence-electron chi connectivity index (χ0n) is 12.9. The van der Waals surface area contributed by atoms with E-state index >= 15 is 0 Å². The van der Waals surface area contributed by atoms with E-state index in [-0.39, 0.29) is 11.8 Å². The van der Waals surface area contributed by atoms with E-state index in [4.69, 9.17) is 0 Å². The van der Waals surface area contributed by atoms with Gasteiger partial charge in [0.15, 0.2) is 0 Å². The maximum absolute atomic E-state index is 11.8. The van der Waals surface area contributed by atoms with E-state index in [1.54, 1.807) is 4.90 Å². The van der Waals surface area contributed by atoms with Gasteiger partial charge in [-0.2, -0.15) is 0 Å². The van der Waals surface area contributed by atoms with Crippen molar-refractivity contribution >= 4 is 33.4 Å². The highest BCUT2D eigenvalue weighted by Crippen LogP contribution is 2.27. The maximum Gasteiger partial charge on any atom is 0.223 e. The van der Waals surface area contributed by atoms with Crippen molar-refractivity contribution in [3.8, 4) is 0 Å². The molecule has 0 saturated heterocycles. The van der Waals surface area contributed by atoms with E-state index in [2.05, 4.69) is 28.2 Å². The van der Waals surface area contributed by atoms with Crippen molar-refractivity contribution in [3.63, 3.8) is 0 Å². The highest BCUT2D eigenvalue weighted by Gasteiger charge is 2.14. The number of carbonyl (C=O) groups is 2. The summed E-state index contributed by atoms with van der Waals surface area (Å²) in [6, 6.07) is 5.86. The molecular weight excluding hydrogens is 332 g/mol. The van der Waals surface area contributed by atoms with E-state index in [1.165, 1.54) is 6.92 Å². The second kappa shape index (κ2) is 8.82. The fraction of sp³-hybridized carbons (Fsp3) is 0.500. The number of unbranched alkanes of at least 4 members (excludes halogenated alkanes) is 1. The van der Waals surface area contributed by atoms with Crippen LogP contribution in [0.5, 0.6) is 0 Å². The van der Waals surface area contributed by atoms with Crippen LogP contribution in [0.15, 0.2) is 22.7 Å². The summed E-state index contributed by atoms with van der Waals surface area (Å²) in [5, 5.41) is 2.86. The van der Waals surface area contributed by atoms with Gasteiger partial charge in [0.2, 0.25) is 11.8 Å². The molecule has 1 rings (SSSR count). The standard InChI is InChI=1S/C16H23BrN2O2/c1-4-5-6-16(21)18-9-10-19(13(3)20)15-8-7-12(2)11-14(15)17/h7-8,11H,4-6,9-10H2,1-3H3,(H,18,21). The second-order valence-electron chi connectivity index (χ2n) is 5.08. The van der Waals surface area contributed by atoms with E-state index in [1.807, 2.05) is 25.1 Å². The van der Waals surface area contributed by atoms with Gasteiger partial charge in [0, 0.05) is 30.9 Å². The van der Waals surface area contributed by atoms with Crippen LogP contribution in [-0.4, -0.2) is 24.9 Å². The summed E-state index contributed by atoms with van der Waals surface area (Å²) < 4.78 is 0.884. The molecule has 0 bridgehead atoms. The smallest absolute Gasteiger partial charge is 0.223 e. The van der Waals surface area contributed by atoms with Gasteiger partial charge in [-0.15, -0.1) is 0 Å². The first-order valence-electron chi connectivity index (χ1n) is 7.26. The minimum atomic E-state index is -0.0395. The molecule has 21 heavy (non-hydrogen) atoms. The SMILES string of the molecule is CCCCC(=O)NCCN(C(C)=O)c1ccc(C)cc1Br. The first-order valence-corrected chi connectivity index (χ1v) is 8.06. The summed E-state index contributed by atoms with van der Waals surface area (Å²) in [6.07, 6.45) is 2.44. The van der Waals surface area contributed by atoms with Crippen LogP contribution in [-0.2, 0) is 9.59 Å². The largest absolute Gasteiger partial charge is 0.354 e. The third-order valence-electron chi connectivity index (χ3n) is 3.19. The Morgan fingerprint density at radius 1 is 1.33 bits per heavy atom. The van der Waals surface area contributed by atoms with Gasteiger partial charge in [0.25, 0.3) is 0 Å². The van der Waals surface area contributed by atoms with E-state index in [0.717, 1.165) is 28.6 Å². The molecule has 0 atom stereocenters. The molecule has 0 spiro atoms. The average molecular weight is 355 g/mol. The highest BCUT2D eigenvalue weighted by molar-refractivity contribution is 9.10. The fourth-order valence-corrected chi connectivity index (χ4v) is 2.72. The predicted octanol–water partition coefficient (Wildman–Crippen LogP) is 3.42. The quantitative estimate of drug-likeness (QED) is 0.815. The van der Waals surface area contributed by atoms with Crippen molar-refractivity contribution in [1.82, 2.24) is 5.32 Å². The van der Waals surface area contributed by atoms with Crippen LogP contribution >= 0.6 is 15.9 Å². The number of aryl methyl sites for hydroxylation is 1. The van der Waals surface area contributed by atoms with Crippen molar-refractivity contribution < 1.29 is 9.59 Å². The Morgan fingerprint density at radius 2 is 2.05 bits per heavy atom. The summed E-state index contributed by atoms with van der Waals surface area (Å²) in [5.41, 5.74) is 1.96. The Bertz CT molecular complexity index is 503. The van der Waals surface area contributed by atoms with E-state index < -0.39 is 0 Å². The van der Waals surface area contributed by atoms with Crippen molar-refractivity contribution in [3.05, 3.63) is 28.2 Å². The molecule has 1 aromatic rings. The molecule has 1 aromatic carbocycles. The predicted molar refractivity (Wildman–Crippen MR) is 89.4 cm³/mol. The van der Waals surface area contributed by atoms with Crippen molar-refractivity contribution in [2.75, 3.05) is 18.0 Å². The zero-order chi connectivity index (χ0) is 15.8. The summed E-state index contributed by atoms with van der Waals surface area (Å²) in [6.45, 7) is 6.52. The van der Waals surface area contributed by atoms with Gasteiger partial charge < -0.3 is 10.2 Å². The Balaban J connectivity index is 2.62. The molecule has 0 aliphatic carbocycles. The first kappa shape index (κ1) is 17.7. The molecule has 2 amide bonds. The maximum atomic E-state index is 11.8. The molecule has 0 heterocycles. The van der Waals surface area contributed by atoms with Gasteiger partial charge in [-0.05, 0) is 47.0 Å². The van der Waals surface area contributed by atoms with Crippen LogP contribution in [0.25, 0.3) is 0 Å². The Kier molecular flexibility index (Phi) is 7.43. The number of carbonyl (C=O) groups excluding carboxylic acids is 2. The molecule has 0 saturated carbocycles. The van der Waals surface area contributed by atoms with Crippen LogP contribution in [0.4, 0.5) is 5.69 Å². The summed E-state index contributed by atoms with van der Waals surface area (Å²) in [5.74, 6) is 0.00526. The molecule has 0 aliphatic rings. The van der Waals surface area contributed by atoms with Gasteiger partial charge in [-0.1, -0.05) is 19.4 Å². The lowest BCUT2D eigenvalue weighted by Crippen LogP contribution is -2.37. The molecule has 0 aliphatic heterocycles. The van der Waals surface area contributed by atoms with Crippen LogP contribution in [0, 0.1) is 6.92 Å². The van der Waals surface area contributed by atoms with Gasteiger partial charge in [-0.25, -0.2) is 0 Å². The van der Waals surface area contributed by atoms with Crippen LogP contribution < -0.4 is 10.2 Å². The monoisotopic (exact) mass is 354 g/mol. The van der Waals surface area contributed by atoms with Crippen LogP contribution in [0.3, 0.4) is 0 Å². The number of hydrogen-bond acceptors (Lipinski definition) is 2. The van der Waals surface area contributed by atoms with E-state index in [9.17, 15) is 9.59 Å². The molecular formula is C16H23BrN2O2. The molecule has 0 aromatic heterocycles. The first-order chi connectivity index (χ1) is 9.95. The number of hydrogen-bond donors (Lipinski definition) is 1. The number of rotatable bonds is 7. The lowest BCUT2D eigenvalue weighted by Gasteiger charge is -2.23. The zero-order valence-corrected chi connectivity index (χ0v) is 14.5. The average Bonchev–Trinajstić information content (AvgIpc) is 2.42. The van der Waals surface area contributed by atoms with E-state index in [0.29, 0.717) is 19.5 Å². The van der Waals surface area contributed by atoms with Gasteiger partial charge >= 0.3 is 0 Å². The Labute approximate surface area is 135 Å². The number of anilines is 1.